The fourth-order valence-corrected chi connectivity index (χ4v) is 1.69. The summed E-state index contributed by atoms with van der Waals surface area (Å²) in [6.45, 7) is 0. The SMILES string of the molecule is Cn1ccnc1NC(=O)c1cccc(Br)c1. The Balaban J connectivity index is 2.18. The van der Waals surface area contributed by atoms with E-state index >= 15 is 0 Å². The molecule has 0 spiro atoms. The number of carbonyl (C=O) groups is 1. The molecule has 0 atom stereocenters. The number of halogens is 1. The third kappa shape index (κ3) is 2.30. The molecule has 1 aromatic heterocycles. The zero-order valence-corrected chi connectivity index (χ0v) is 10.2. The van der Waals surface area contributed by atoms with Crippen LogP contribution >= 0.6 is 15.9 Å². The van der Waals surface area contributed by atoms with Crippen molar-refractivity contribution < 1.29 is 4.79 Å². The van der Waals surface area contributed by atoms with Crippen LogP contribution < -0.4 is 5.32 Å². The van der Waals surface area contributed by atoms with E-state index in [1.165, 1.54) is 0 Å². The van der Waals surface area contributed by atoms with Crippen LogP contribution in [0.2, 0.25) is 0 Å². The molecule has 1 amide bonds. The quantitative estimate of drug-likeness (QED) is 0.918. The van der Waals surface area contributed by atoms with Gasteiger partial charge < -0.3 is 4.57 Å². The molecule has 0 radical (unpaired) electrons. The molecule has 5 heteroatoms. The van der Waals surface area contributed by atoms with Crippen LogP contribution in [-0.4, -0.2) is 15.5 Å². The van der Waals surface area contributed by atoms with Gasteiger partial charge in [-0.3, -0.25) is 10.1 Å². The topological polar surface area (TPSA) is 46.9 Å². The van der Waals surface area contributed by atoms with Gasteiger partial charge in [0.2, 0.25) is 5.95 Å². The summed E-state index contributed by atoms with van der Waals surface area (Å²) in [5.41, 5.74) is 0.595. The molecule has 2 rings (SSSR count). The van der Waals surface area contributed by atoms with Crippen LogP contribution in [0.1, 0.15) is 10.4 Å². The van der Waals surface area contributed by atoms with E-state index in [0.29, 0.717) is 11.5 Å². The van der Waals surface area contributed by atoms with Crippen LogP contribution in [0.25, 0.3) is 0 Å². The molecule has 16 heavy (non-hydrogen) atoms. The first-order valence-electron chi connectivity index (χ1n) is 4.71. The van der Waals surface area contributed by atoms with Gasteiger partial charge in [-0.05, 0) is 18.2 Å². The molecular weight excluding hydrogens is 270 g/mol. The van der Waals surface area contributed by atoms with Crippen molar-refractivity contribution in [3.63, 3.8) is 0 Å². The van der Waals surface area contributed by atoms with Gasteiger partial charge in [-0.1, -0.05) is 22.0 Å². The number of carbonyl (C=O) groups excluding carboxylic acids is 1. The first kappa shape index (κ1) is 10.9. The van der Waals surface area contributed by atoms with Gasteiger partial charge in [-0.15, -0.1) is 0 Å². The van der Waals surface area contributed by atoms with Gasteiger partial charge in [0, 0.05) is 29.5 Å². The third-order valence-electron chi connectivity index (χ3n) is 2.13. The maximum atomic E-state index is 11.8. The fraction of sp³-hybridized carbons (Fsp3) is 0.0909. The van der Waals surface area contributed by atoms with Crippen molar-refractivity contribution in [3.8, 4) is 0 Å². The van der Waals surface area contributed by atoms with E-state index in [1.807, 2.05) is 19.2 Å². The molecular formula is C11H10BrN3O. The second-order valence-corrected chi connectivity index (χ2v) is 4.24. The van der Waals surface area contributed by atoms with E-state index in [0.717, 1.165) is 4.47 Å². The number of imidazole rings is 1. The number of hydrogen-bond acceptors (Lipinski definition) is 2. The highest BCUT2D eigenvalue weighted by Gasteiger charge is 2.08. The maximum absolute atomic E-state index is 11.8. The molecule has 0 unspecified atom stereocenters. The summed E-state index contributed by atoms with van der Waals surface area (Å²) in [4.78, 5) is 15.9. The number of benzene rings is 1. The van der Waals surface area contributed by atoms with Gasteiger partial charge in [0.05, 0.1) is 0 Å². The summed E-state index contributed by atoms with van der Waals surface area (Å²) < 4.78 is 2.62. The lowest BCUT2D eigenvalue weighted by Crippen LogP contribution is -2.14. The molecule has 82 valence electrons. The lowest BCUT2D eigenvalue weighted by molar-refractivity contribution is 0.102. The second kappa shape index (κ2) is 4.49. The lowest BCUT2D eigenvalue weighted by Gasteiger charge is -2.04. The molecule has 0 aliphatic carbocycles. The van der Waals surface area contributed by atoms with E-state index in [-0.39, 0.29) is 5.91 Å². The van der Waals surface area contributed by atoms with Gasteiger partial charge >= 0.3 is 0 Å². The first-order chi connectivity index (χ1) is 7.66. The van der Waals surface area contributed by atoms with Crippen molar-refractivity contribution in [2.75, 3.05) is 5.32 Å². The van der Waals surface area contributed by atoms with Crippen molar-refractivity contribution in [2.24, 2.45) is 7.05 Å². The Morgan fingerprint density at radius 3 is 2.94 bits per heavy atom. The molecule has 0 aliphatic heterocycles. The number of aryl methyl sites for hydroxylation is 1. The minimum absolute atomic E-state index is 0.171. The van der Waals surface area contributed by atoms with Crippen molar-refractivity contribution in [3.05, 3.63) is 46.7 Å². The van der Waals surface area contributed by atoms with E-state index in [4.69, 9.17) is 0 Å². The highest BCUT2D eigenvalue weighted by Crippen LogP contribution is 2.13. The van der Waals surface area contributed by atoms with Gasteiger partial charge in [0.1, 0.15) is 0 Å². The molecule has 0 aliphatic rings. The summed E-state index contributed by atoms with van der Waals surface area (Å²) in [6, 6.07) is 7.20. The van der Waals surface area contributed by atoms with Gasteiger partial charge in [-0.25, -0.2) is 4.98 Å². The molecule has 0 saturated carbocycles. The summed E-state index contributed by atoms with van der Waals surface area (Å²) in [5.74, 6) is 0.362. The Hall–Kier alpha value is -1.62. The molecule has 0 bridgehead atoms. The minimum Gasteiger partial charge on any atom is -0.320 e. The highest BCUT2D eigenvalue weighted by molar-refractivity contribution is 9.10. The standard InChI is InChI=1S/C11H10BrN3O/c1-15-6-5-13-11(15)14-10(16)8-3-2-4-9(12)7-8/h2-7H,1H3,(H,13,14,16). The largest absolute Gasteiger partial charge is 0.320 e. The van der Waals surface area contributed by atoms with E-state index in [1.54, 1.807) is 29.1 Å². The van der Waals surface area contributed by atoms with Crippen molar-refractivity contribution in [1.29, 1.82) is 0 Å². The smallest absolute Gasteiger partial charge is 0.258 e. The summed E-state index contributed by atoms with van der Waals surface area (Å²) in [5, 5.41) is 2.73. The molecule has 4 nitrogen and oxygen atoms in total. The number of nitrogens with one attached hydrogen (secondary N) is 1. The number of rotatable bonds is 2. The zero-order chi connectivity index (χ0) is 11.5. The van der Waals surface area contributed by atoms with Gasteiger partial charge in [0.25, 0.3) is 5.91 Å². The zero-order valence-electron chi connectivity index (χ0n) is 8.64. The van der Waals surface area contributed by atoms with Crippen LogP contribution in [0.4, 0.5) is 5.95 Å². The Labute approximate surface area is 101 Å². The summed E-state index contributed by atoms with van der Waals surface area (Å²) in [6.07, 6.45) is 3.41. The first-order valence-corrected chi connectivity index (χ1v) is 5.50. The molecule has 2 aromatic rings. The van der Waals surface area contributed by atoms with Crippen molar-refractivity contribution in [1.82, 2.24) is 9.55 Å². The number of nitrogens with zero attached hydrogens (tertiary/aromatic N) is 2. The van der Waals surface area contributed by atoms with Crippen LogP contribution in [0, 0.1) is 0 Å². The predicted octanol–water partition coefficient (Wildman–Crippen LogP) is 2.43. The average molecular weight is 280 g/mol. The van der Waals surface area contributed by atoms with Crippen LogP contribution in [0.3, 0.4) is 0 Å². The fourth-order valence-electron chi connectivity index (χ4n) is 1.29. The van der Waals surface area contributed by atoms with E-state index in [2.05, 4.69) is 26.2 Å². The maximum Gasteiger partial charge on any atom is 0.258 e. The van der Waals surface area contributed by atoms with Gasteiger partial charge in [0.15, 0.2) is 0 Å². The molecule has 1 N–H and O–H groups in total. The monoisotopic (exact) mass is 279 g/mol. The highest BCUT2D eigenvalue weighted by atomic mass is 79.9. The average Bonchev–Trinajstić information content (AvgIpc) is 2.64. The van der Waals surface area contributed by atoms with Crippen LogP contribution in [-0.2, 0) is 7.05 Å². The number of amides is 1. The van der Waals surface area contributed by atoms with Crippen LogP contribution in [0.5, 0.6) is 0 Å². The molecule has 0 fully saturated rings. The summed E-state index contributed by atoms with van der Waals surface area (Å²) >= 11 is 3.32. The molecule has 1 aromatic carbocycles. The van der Waals surface area contributed by atoms with Gasteiger partial charge in [-0.2, -0.15) is 0 Å². The van der Waals surface area contributed by atoms with E-state index in [9.17, 15) is 4.79 Å². The number of aromatic nitrogens is 2. The van der Waals surface area contributed by atoms with E-state index < -0.39 is 0 Å². The minimum atomic E-state index is -0.171. The molecule has 0 saturated heterocycles. The Morgan fingerprint density at radius 1 is 1.50 bits per heavy atom. The molecule has 1 heterocycles. The number of hydrogen-bond donors (Lipinski definition) is 1. The summed E-state index contributed by atoms with van der Waals surface area (Å²) in [7, 11) is 1.82. The lowest BCUT2D eigenvalue weighted by atomic mass is 10.2. The third-order valence-corrected chi connectivity index (χ3v) is 2.63. The van der Waals surface area contributed by atoms with Crippen LogP contribution in [0.15, 0.2) is 41.1 Å². The van der Waals surface area contributed by atoms with Crippen molar-refractivity contribution >= 4 is 27.8 Å². The Morgan fingerprint density at radius 2 is 2.31 bits per heavy atom. The second-order valence-electron chi connectivity index (χ2n) is 3.33. The Kier molecular flexibility index (Phi) is 3.05. The number of anilines is 1. The Bertz CT molecular complexity index is 521. The normalized spacial score (nSPS) is 10.1. The van der Waals surface area contributed by atoms with Crippen molar-refractivity contribution in [2.45, 2.75) is 0 Å². The predicted molar refractivity (Wildman–Crippen MR) is 65.3 cm³/mol.